The molecule has 0 spiro atoms. The lowest BCUT2D eigenvalue weighted by molar-refractivity contribution is -0.123. The van der Waals surface area contributed by atoms with Gasteiger partial charge in [0.2, 0.25) is 5.91 Å². The molecule has 0 radical (unpaired) electrons. The van der Waals surface area contributed by atoms with Crippen LogP contribution in [0, 0.1) is 13.8 Å². The summed E-state index contributed by atoms with van der Waals surface area (Å²) < 4.78 is 0. The normalized spacial score (nSPS) is 15.6. The van der Waals surface area contributed by atoms with E-state index >= 15 is 0 Å². The van der Waals surface area contributed by atoms with Crippen LogP contribution in [0.5, 0.6) is 0 Å². The van der Waals surface area contributed by atoms with Crippen LogP contribution >= 0.6 is 12.6 Å². The van der Waals surface area contributed by atoms with Crippen molar-refractivity contribution >= 4 is 30.5 Å². The van der Waals surface area contributed by atoms with Crippen molar-refractivity contribution in [2.45, 2.75) is 13.8 Å². The molecule has 4 nitrogen and oxygen atoms in total. The number of piperazine rings is 1. The summed E-state index contributed by atoms with van der Waals surface area (Å²) in [5, 5.41) is 4.40. The summed E-state index contributed by atoms with van der Waals surface area (Å²) in [6.45, 7) is 5.14. The number of carbonyl (C=O) groups is 2. The molecule has 20 heavy (non-hydrogen) atoms. The van der Waals surface area contributed by atoms with Gasteiger partial charge in [0.15, 0.2) is 0 Å². The summed E-state index contributed by atoms with van der Waals surface area (Å²) in [6.07, 6.45) is 1.91. The highest BCUT2D eigenvalue weighted by Crippen LogP contribution is 2.20. The van der Waals surface area contributed by atoms with Crippen LogP contribution in [0.4, 0.5) is 0 Å². The Morgan fingerprint density at radius 3 is 2.55 bits per heavy atom. The lowest BCUT2D eigenvalue weighted by Gasteiger charge is -2.27. The number of carbonyl (C=O) groups excluding carboxylic acids is 2. The van der Waals surface area contributed by atoms with Gasteiger partial charge in [-0.05, 0) is 54.2 Å². The van der Waals surface area contributed by atoms with Crippen molar-refractivity contribution in [2.24, 2.45) is 0 Å². The van der Waals surface area contributed by atoms with Gasteiger partial charge in [0.1, 0.15) is 0 Å². The number of nitrogens with one attached hydrogen (secondary N) is 1. The molecule has 1 aliphatic rings. The molecule has 0 aromatic heterocycles. The molecule has 2 rings (SSSR count). The van der Waals surface area contributed by atoms with Gasteiger partial charge in [-0.3, -0.25) is 9.59 Å². The second kappa shape index (κ2) is 6.13. The summed E-state index contributed by atoms with van der Waals surface area (Å²) in [5.41, 5.74) is 3.76. The maximum Gasteiger partial charge on any atom is 0.254 e. The Balaban J connectivity index is 2.29. The number of hydrogen-bond acceptors (Lipinski definition) is 3. The first kappa shape index (κ1) is 14.7. The van der Waals surface area contributed by atoms with E-state index in [1.807, 2.05) is 32.1 Å². The molecular weight excluding hydrogens is 272 g/mol. The van der Waals surface area contributed by atoms with Gasteiger partial charge < -0.3 is 10.2 Å². The minimum Gasteiger partial charge on any atom is -0.353 e. The quantitative estimate of drug-likeness (QED) is 0.816. The third-order valence-corrected chi connectivity index (χ3v) is 3.56. The fraction of sp³-hybridized carbons (Fsp3) is 0.333. The van der Waals surface area contributed by atoms with E-state index in [4.69, 9.17) is 0 Å². The van der Waals surface area contributed by atoms with Crippen LogP contribution in [0.3, 0.4) is 0 Å². The Morgan fingerprint density at radius 1 is 1.35 bits per heavy atom. The number of hydrogen-bond donors (Lipinski definition) is 2. The van der Waals surface area contributed by atoms with Gasteiger partial charge in [-0.1, -0.05) is 0 Å². The van der Waals surface area contributed by atoms with E-state index in [0.717, 1.165) is 16.7 Å². The van der Waals surface area contributed by atoms with Crippen LogP contribution in [-0.2, 0) is 4.79 Å². The molecule has 106 valence electrons. The molecular formula is C15H18N2O2S. The summed E-state index contributed by atoms with van der Waals surface area (Å²) in [4.78, 5) is 25.4. The summed E-state index contributed by atoms with van der Waals surface area (Å²) in [6, 6.07) is 3.73. The average molecular weight is 290 g/mol. The first-order valence-corrected chi connectivity index (χ1v) is 7.02. The Kier molecular flexibility index (Phi) is 4.49. The van der Waals surface area contributed by atoms with E-state index < -0.39 is 0 Å². The lowest BCUT2D eigenvalue weighted by atomic mass is 9.98. The van der Waals surface area contributed by atoms with Crippen molar-refractivity contribution in [3.05, 3.63) is 39.8 Å². The summed E-state index contributed by atoms with van der Waals surface area (Å²) in [5.74, 6) is -0.194. The molecule has 1 saturated heterocycles. The zero-order chi connectivity index (χ0) is 14.7. The lowest BCUT2D eigenvalue weighted by Crippen LogP contribution is -2.50. The van der Waals surface area contributed by atoms with Gasteiger partial charge >= 0.3 is 0 Å². The van der Waals surface area contributed by atoms with E-state index in [1.165, 1.54) is 0 Å². The van der Waals surface area contributed by atoms with Gasteiger partial charge in [0.25, 0.3) is 5.91 Å². The van der Waals surface area contributed by atoms with Crippen molar-refractivity contribution < 1.29 is 9.59 Å². The van der Waals surface area contributed by atoms with Crippen LogP contribution in [0.1, 0.15) is 27.0 Å². The maximum atomic E-state index is 12.4. The fourth-order valence-corrected chi connectivity index (χ4v) is 2.58. The molecule has 0 bridgehead atoms. The van der Waals surface area contributed by atoms with E-state index in [1.54, 1.807) is 10.3 Å². The number of benzene rings is 1. The molecule has 0 aliphatic carbocycles. The zero-order valence-corrected chi connectivity index (χ0v) is 12.5. The second-order valence-corrected chi connectivity index (χ2v) is 5.21. The molecule has 1 heterocycles. The molecule has 0 atom stereocenters. The van der Waals surface area contributed by atoms with E-state index in [-0.39, 0.29) is 18.4 Å². The van der Waals surface area contributed by atoms with Gasteiger partial charge in [-0.25, -0.2) is 0 Å². The number of amides is 2. The largest absolute Gasteiger partial charge is 0.353 e. The molecule has 1 aromatic carbocycles. The van der Waals surface area contributed by atoms with Crippen molar-refractivity contribution in [1.29, 1.82) is 0 Å². The van der Waals surface area contributed by atoms with Crippen LogP contribution < -0.4 is 5.32 Å². The standard InChI is InChI=1S/C15H18N2O2S/c1-10-7-12(8-11(2)13(10)3-6-20)15(19)17-5-4-16-14(18)9-17/h3,6-8,20H,4-5,9H2,1-2H3,(H,16,18)/b6-3+. The third-order valence-electron chi connectivity index (χ3n) is 3.41. The minimum atomic E-state index is -0.104. The van der Waals surface area contributed by atoms with E-state index in [0.29, 0.717) is 18.7 Å². The van der Waals surface area contributed by atoms with Gasteiger partial charge in [-0.15, -0.1) is 0 Å². The summed E-state index contributed by atoms with van der Waals surface area (Å²) >= 11 is 4.09. The van der Waals surface area contributed by atoms with Crippen LogP contribution in [0.2, 0.25) is 0 Å². The Hall–Kier alpha value is -1.75. The molecule has 0 saturated carbocycles. The van der Waals surface area contributed by atoms with Gasteiger partial charge in [0.05, 0.1) is 6.54 Å². The van der Waals surface area contributed by atoms with Crippen molar-refractivity contribution in [1.82, 2.24) is 10.2 Å². The highest BCUT2D eigenvalue weighted by atomic mass is 32.1. The first-order valence-electron chi connectivity index (χ1n) is 6.51. The predicted molar refractivity (Wildman–Crippen MR) is 82.8 cm³/mol. The number of nitrogens with zero attached hydrogens (tertiary/aromatic N) is 1. The van der Waals surface area contributed by atoms with Crippen molar-refractivity contribution in [2.75, 3.05) is 19.6 Å². The summed E-state index contributed by atoms with van der Waals surface area (Å²) in [7, 11) is 0. The van der Waals surface area contributed by atoms with Crippen LogP contribution in [-0.4, -0.2) is 36.3 Å². The third kappa shape index (κ3) is 3.04. The molecule has 1 aromatic rings. The molecule has 1 fully saturated rings. The number of rotatable bonds is 2. The average Bonchev–Trinajstić information content (AvgIpc) is 2.42. The Bertz CT molecular complexity index is 558. The number of thiol groups is 1. The highest BCUT2D eigenvalue weighted by molar-refractivity contribution is 7.83. The second-order valence-electron chi connectivity index (χ2n) is 4.92. The smallest absolute Gasteiger partial charge is 0.254 e. The van der Waals surface area contributed by atoms with Gasteiger partial charge in [-0.2, -0.15) is 12.6 Å². The minimum absolute atomic E-state index is 0.0903. The maximum absolute atomic E-state index is 12.4. The van der Waals surface area contributed by atoms with E-state index in [2.05, 4.69) is 17.9 Å². The molecule has 0 unspecified atom stereocenters. The number of aryl methyl sites for hydroxylation is 2. The van der Waals surface area contributed by atoms with E-state index in [9.17, 15) is 9.59 Å². The van der Waals surface area contributed by atoms with Crippen molar-refractivity contribution in [3.8, 4) is 0 Å². The molecule has 2 amide bonds. The Morgan fingerprint density at radius 2 is 2.00 bits per heavy atom. The monoisotopic (exact) mass is 290 g/mol. The Labute approximate surface area is 124 Å². The fourth-order valence-electron chi connectivity index (χ4n) is 2.43. The van der Waals surface area contributed by atoms with Gasteiger partial charge in [0, 0.05) is 18.7 Å². The molecule has 1 N–H and O–H groups in total. The SMILES string of the molecule is Cc1cc(C(=O)N2CCNC(=O)C2)cc(C)c1/C=C/S. The molecule has 5 heteroatoms. The van der Waals surface area contributed by atoms with Crippen molar-refractivity contribution in [3.63, 3.8) is 0 Å². The van der Waals surface area contributed by atoms with Crippen LogP contribution in [0.15, 0.2) is 17.5 Å². The topological polar surface area (TPSA) is 49.4 Å². The van der Waals surface area contributed by atoms with Crippen LogP contribution in [0.25, 0.3) is 6.08 Å². The zero-order valence-electron chi connectivity index (χ0n) is 11.6. The molecule has 1 aliphatic heterocycles. The highest BCUT2D eigenvalue weighted by Gasteiger charge is 2.22. The predicted octanol–water partition coefficient (Wildman–Crippen LogP) is 1.78. The first-order chi connectivity index (χ1) is 9.52.